The Kier molecular flexibility index (Phi) is 4.52. The average molecular weight is 302 g/mol. The molecule has 1 heterocycles. The number of carbonyl (C=O) groups excluding carboxylic acids is 1. The van der Waals surface area contributed by atoms with E-state index in [-0.39, 0.29) is 11.3 Å². The number of hydrogen-bond acceptors (Lipinski definition) is 6. The Bertz CT molecular complexity index is 721. The Labute approximate surface area is 126 Å². The van der Waals surface area contributed by atoms with Crippen LogP contribution < -0.4 is 10.3 Å². The van der Waals surface area contributed by atoms with Gasteiger partial charge in [-0.05, 0) is 12.1 Å². The van der Waals surface area contributed by atoms with Crippen molar-refractivity contribution in [2.45, 2.75) is 0 Å². The van der Waals surface area contributed by atoms with Crippen LogP contribution >= 0.6 is 0 Å². The number of benzene rings is 1. The van der Waals surface area contributed by atoms with Crippen LogP contribution in [0.3, 0.4) is 0 Å². The fourth-order valence-electron chi connectivity index (χ4n) is 1.63. The molecule has 1 amide bonds. The largest absolute Gasteiger partial charge is 0.440 e. The summed E-state index contributed by atoms with van der Waals surface area (Å²) in [4.78, 5) is 23.7. The van der Waals surface area contributed by atoms with Gasteiger partial charge in [0.2, 0.25) is 0 Å². The molecule has 2 rings (SSSR count). The summed E-state index contributed by atoms with van der Waals surface area (Å²) in [6, 6.07) is 8.87. The topological polar surface area (TPSA) is 101 Å². The minimum absolute atomic E-state index is 0.153. The van der Waals surface area contributed by atoms with E-state index in [0.29, 0.717) is 11.6 Å². The van der Waals surface area contributed by atoms with E-state index in [1.54, 1.807) is 17.0 Å². The molecule has 0 aliphatic carbocycles. The fraction of sp³-hybridized carbons (Fsp3) is 0.143. The molecule has 8 heteroatoms. The summed E-state index contributed by atoms with van der Waals surface area (Å²) in [5.74, 6) is 0.592. The van der Waals surface area contributed by atoms with E-state index in [1.807, 2.05) is 14.1 Å². The molecular formula is C14H14N4O4. The number of hydrogen-bond donors (Lipinski definition) is 1. The first-order valence-electron chi connectivity index (χ1n) is 6.32. The number of non-ortho nitro benzene ring substituents is 1. The van der Waals surface area contributed by atoms with Crippen molar-refractivity contribution in [1.29, 1.82) is 0 Å². The van der Waals surface area contributed by atoms with Crippen LogP contribution in [0.15, 0.2) is 45.9 Å². The van der Waals surface area contributed by atoms with Gasteiger partial charge < -0.3 is 9.32 Å². The number of furan rings is 1. The molecule has 0 radical (unpaired) electrons. The summed E-state index contributed by atoms with van der Waals surface area (Å²) in [7, 11) is 3.67. The number of nitrogens with one attached hydrogen (secondary N) is 1. The van der Waals surface area contributed by atoms with Gasteiger partial charge in [0, 0.05) is 37.9 Å². The Morgan fingerprint density at radius 2 is 2.14 bits per heavy atom. The van der Waals surface area contributed by atoms with E-state index in [4.69, 9.17) is 4.42 Å². The predicted molar refractivity (Wildman–Crippen MR) is 81.2 cm³/mol. The van der Waals surface area contributed by atoms with E-state index in [2.05, 4.69) is 10.5 Å². The van der Waals surface area contributed by atoms with Gasteiger partial charge in [-0.15, -0.1) is 0 Å². The lowest BCUT2D eigenvalue weighted by atomic mass is 10.2. The van der Waals surface area contributed by atoms with Crippen LogP contribution in [0.25, 0.3) is 0 Å². The fourth-order valence-corrected chi connectivity index (χ4v) is 1.63. The highest BCUT2D eigenvalue weighted by atomic mass is 16.6. The van der Waals surface area contributed by atoms with Crippen LogP contribution in [0.4, 0.5) is 11.6 Å². The molecule has 114 valence electrons. The highest BCUT2D eigenvalue weighted by Gasteiger charge is 2.10. The molecule has 0 bridgehead atoms. The van der Waals surface area contributed by atoms with Crippen molar-refractivity contribution in [2.75, 3.05) is 19.0 Å². The smallest absolute Gasteiger partial charge is 0.271 e. The van der Waals surface area contributed by atoms with E-state index >= 15 is 0 Å². The summed E-state index contributed by atoms with van der Waals surface area (Å²) < 4.78 is 5.42. The van der Waals surface area contributed by atoms with Crippen LogP contribution in [-0.4, -0.2) is 31.1 Å². The molecule has 1 aromatic carbocycles. The second-order valence-corrected chi connectivity index (χ2v) is 4.58. The van der Waals surface area contributed by atoms with Crippen LogP contribution in [0.1, 0.15) is 16.1 Å². The van der Waals surface area contributed by atoms with Crippen molar-refractivity contribution in [3.63, 3.8) is 0 Å². The van der Waals surface area contributed by atoms with E-state index in [9.17, 15) is 14.9 Å². The number of nitro benzene ring substituents is 1. The molecule has 0 aliphatic heterocycles. The van der Waals surface area contributed by atoms with Gasteiger partial charge in [0.15, 0.2) is 5.88 Å². The third-order valence-electron chi connectivity index (χ3n) is 2.73. The molecule has 0 aliphatic rings. The van der Waals surface area contributed by atoms with Crippen molar-refractivity contribution in [2.24, 2.45) is 5.10 Å². The van der Waals surface area contributed by atoms with E-state index in [1.165, 1.54) is 30.5 Å². The molecule has 1 aromatic heterocycles. The van der Waals surface area contributed by atoms with Crippen molar-refractivity contribution in [3.8, 4) is 0 Å². The van der Waals surface area contributed by atoms with Crippen molar-refractivity contribution in [1.82, 2.24) is 5.43 Å². The molecule has 0 unspecified atom stereocenters. The third kappa shape index (κ3) is 3.69. The highest BCUT2D eigenvalue weighted by molar-refractivity contribution is 5.95. The van der Waals surface area contributed by atoms with Gasteiger partial charge in [0.05, 0.1) is 11.1 Å². The molecule has 0 saturated carbocycles. The van der Waals surface area contributed by atoms with Crippen molar-refractivity contribution in [3.05, 3.63) is 57.8 Å². The standard InChI is InChI=1S/C14H14N4O4/c1-17(2)13-7-6-12(22-13)9-15-16-14(19)10-4-3-5-11(8-10)18(20)21/h3-9H,1-2H3,(H,16,19)/b15-9-. The summed E-state index contributed by atoms with van der Waals surface area (Å²) in [6.45, 7) is 0. The zero-order valence-corrected chi connectivity index (χ0v) is 12.0. The van der Waals surface area contributed by atoms with Gasteiger partial charge in [-0.3, -0.25) is 14.9 Å². The normalized spacial score (nSPS) is 10.6. The van der Waals surface area contributed by atoms with Gasteiger partial charge in [-0.25, -0.2) is 5.43 Å². The summed E-state index contributed by atoms with van der Waals surface area (Å²) in [5, 5.41) is 14.4. The number of rotatable bonds is 5. The second kappa shape index (κ2) is 6.53. The Morgan fingerprint density at radius 3 is 2.77 bits per heavy atom. The van der Waals surface area contributed by atoms with E-state index < -0.39 is 10.8 Å². The van der Waals surface area contributed by atoms with Gasteiger partial charge in [-0.1, -0.05) is 6.07 Å². The Morgan fingerprint density at radius 1 is 1.36 bits per heavy atom. The molecular weight excluding hydrogens is 288 g/mol. The quantitative estimate of drug-likeness (QED) is 0.517. The molecule has 0 spiro atoms. The minimum atomic E-state index is -0.564. The molecule has 2 aromatic rings. The van der Waals surface area contributed by atoms with Gasteiger partial charge in [-0.2, -0.15) is 5.10 Å². The SMILES string of the molecule is CN(C)c1ccc(/C=N\NC(=O)c2cccc([N+](=O)[O-])c2)o1. The highest BCUT2D eigenvalue weighted by Crippen LogP contribution is 2.14. The van der Waals surface area contributed by atoms with Crippen molar-refractivity contribution < 1.29 is 14.1 Å². The second-order valence-electron chi connectivity index (χ2n) is 4.58. The van der Waals surface area contributed by atoms with Crippen LogP contribution in [0.5, 0.6) is 0 Å². The molecule has 0 saturated heterocycles. The third-order valence-corrected chi connectivity index (χ3v) is 2.73. The van der Waals surface area contributed by atoms with Crippen LogP contribution in [-0.2, 0) is 0 Å². The lowest BCUT2D eigenvalue weighted by Gasteiger charge is -2.05. The summed E-state index contributed by atoms with van der Waals surface area (Å²) in [6.07, 6.45) is 1.35. The van der Waals surface area contributed by atoms with Gasteiger partial charge in [0.25, 0.3) is 11.6 Å². The number of nitrogens with zero attached hydrogens (tertiary/aromatic N) is 3. The average Bonchev–Trinajstić information content (AvgIpc) is 2.96. The molecule has 0 atom stereocenters. The molecule has 1 N–H and O–H groups in total. The van der Waals surface area contributed by atoms with Gasteiger partial charge in [0.1, 0.15) is 5.76 Å². The number of nitro groups is 1. The number of anilines is 1. The first kappa shape index (κ1) is 15.2. The summed E-state index contributed by atoms with van der Waals surface area (Å²) in [5.41, 5.74) is 2.28. The van der Waals surface area contributed by atoms with Crippen LogP contribution in [0.2, 0.25) is 0 Å². The number of hydrazone groups is 1. The number of carbonyl (C=O) groups is 1. The minimum Gasteiger partial charge on any atom is -0.440 e. The number of amides is 1. The van der Waals surface area contributed by atoms with Gasteiger partial charge >= 0.3 is 0 Å². The Balaban J connectivity index is 2.01. The maximum Gasteiger partial charge on any atom is 0.271 e. The zero-order valence-electron chi connectivity index (χ0n) is 12.0. The lowest BCUT2D eigenvalue weighted by molar-refractivity contribution is -0.384. The lowest BCUT2D eigenvalue weighted by Crippen LogP contribution is -2.17. The summed E-state index contributed by atoms with van der Waals surface area (Å²) >= 11 is 0. The predicted octanol–water partition coefficient (Wildman–Crippen LogP) is 2.02. The zero-order chi connectivity index (χ0) is 16.1. The molecule has 0 fully saturated rings. The van der Waals surface area contributed by atoms with Crippen LogP contribution in [0, 0.1) is 10.1 Å². The maximum absolute atomic E-state index is 11.8. The molecule has 22 heavy (non-hydrogen) atoms. The first-order chi connectivity index (χ1) is 10.5. The van der Waals surface area contributed by atoms with E-state index in [0.717, 1.165) is 0 Å². The van der Waals surface area contributed by atoms with Crippen molar-refractivity contribution >= 4 is 23.7 Å². The monoisotopic (exact) mass is 302 g/mol. The Hall–Kier alpha value is -3.16. The first-order valence-corrected chi connectivity index (χ1v) is 6.32. The maximum atomic E-state index is 11.8. The molecule has 8 nitrogen and oxygen atoms in total.